The number of hydrogen-bond acceptors (Lipinski definition) is 3. The SMILES string of the molecule is COc1c([C@H]2[C@H](c3ncc[nH]3)O[C@@](C)(C(F)(F)F)[C@H]2C)ccc(F)c1F. The van der Waals surface area contributed by atoms with Crippen molar-refractivity contribution in [3.05, 3.63) is 47.5 Å². The van der Waals surface area contributed by atoms with Crippen LogP contribution in [0.15, 0.2) is 24.5 Å². The van der Waals surface area contributed by atoms with Gasteiger partial charge in [0.25, 0.3) is 0 Å². The fourth-order valence-electron chi connectivity index (χ4n) is 3.48. The third-order valence-electron chi connectivity index (χ3n) is 5.10. The molecule has 4 nitrogen and oxygen atoms in total. The van der Waals surface area contributed by atoms with E-state index in [4.69, 9.17) is 9.47 Å². The number of rotatable bonds is 3. The predicted octanol–water partition coefficient (Wildman–Crippen LogP) is 4.51. The van der Waals surface area contributed by atoms with E-state index in [9.17, 15) is 22.0 Å². The summed E-state index contributed by atoms with van der Waals surface area (Å²) in [6.07, 6.45) is -2.97. The highest BCUT2D eigenvalue weighted by molar-refractivity contribution is 5.41. The molecule has 0 aliphatic carbocycles. The van der Waals surface area contributed by atoms with Gasteiger partial charge in [-0.2, -0.15) is 17.6 Å². The van der Waals surface area contributed by atoms with Crippen molar-refractivity contribution >= 4 is 0 Å². The average molecular weight is 376 g/mol. The Balaban J connectivity index is 2.18. The molecule has 1 aromatic carbocycles. The van der Waals surface area contributed by atoms with Crippen LogP contribution in [-0.2, 0) is 4.74 Å². The van der Waals surface area contributed by atoms with Crippen molar-refractivity contribution in [3.63, 3.8) is 0 Å². The van der Waals surface area contributed by atoms with Gasteiger partial charge in [-0.25, -0.2) is 9.37 Å². The van der Waals surface area contributed by atoms with Crippen LogP contribution in [0, 0.1) is 17.6 Å². The number of imidazole rings is 1. The highest BCUT2D eigenvalue weighted by atomic mass is 19.4. The summed E-state index contributed by atoms with van der Waals surface area (Å²) >= 11 is 0. The molecule has 1 N–H and O–H groups in total. The van der Waals surface area contributed by atoms with Crippen molar-refractivity contribution in [2.45, 2.75) is 37.6 Å². The maximum atomic E-state index is 14.2. The Bertz CT molecular complexity index is 793. The summed E-state index contributed by atoms with van der Waals surface area (Å²) in [5.74, 6) is -4.74. The van der Waals surface area contributed by atoms with Gasteiger partial charge in [-0.05, 0) is 13.0 Å². The molecule has 3 rings (SSSR count). The first kappa shape index (κ1) is 18.6. The topological polar surface area (TPSA) is 47.1 Å². The van der Waals surface area contributed by atoms with Crippen LogP contribution >= 0.6 is 0 Å². The van der Waals surface area contributed by atoms with Crippen LogP contribution in [0.2, 0.25) is 0 Å². The molecule has 9 heteroatoms. The average Bonchev–Trinajstić information content (AvgIpc) is 3.18. The summed E-state index contributed by atoms with van der Waals surface area (Å²) in [6.45, 7) is 2.31. The molecule has 1 aliphatic rings. The fourth-order valence-corrected chi connectivity index (χ4v) is 3.48. The zero-order valence-electron chi connectivity index (χ0n) is 14.2. The van der Waals surface area contributed by atoms with Gasteiger partial charge in [-0.15, -0.1) is 0 Å². The molecule has 2 aromatic rings. The van der Waals surface area contributed by atoms with Crippen LogP contribution in [0.25, 0.3) is 0 Å². The molecule has 26 heavy (non-hydrogen) atoms. The number of aromatic amines is 1. The Kier molecular flexibility index (Phi) is 4.46. The third kappa shape index (κ3) is 2.65. The Morgan fingerprint density at radius 3 is 2.50 bits per heavy atom. The van der Waals surface area contributed by atoms with Gasteiger partial charge in [0.2, 0.25) is 5.82 Å². The van der Waals surface area contributed by atoms with Crippen LogP contribution in [0.1, 0.15) is 37.3 Å². The Labute approximate surface area is 146 Å². The lowest BCUT2D eigenvalue weighted by molar-refractivity contribution is -0.275. The van der Waals surface area contributed by atoms with E-state index in [0.717, 1.165) is 20.1 Å². The highest BCUT2D eigenvalue weighted by Gasteiger charge is 2.65. The number of ether oxygens (including phenoxy) is 2. The lowest BCUT2D eigenvalue weighted by Gasteiger charge is -2.32. The monoisotopic (exact) mass is 376 g/mol. The summed E-state index contributed by atoms with van der Waals surface area (Å²) in [6, 6.07) is 2.09. The van der Waals surface area contributed by atoms with Crippen molar-refractivity contribution in [1.29, 1.82) is 0 Å². The normalized spacial score (nSPS) is 29.2. The van der Waals surface area contributed by atoms with E-state index in [2.05, 4.69) is 9.97 Å². The molecule has 0 bridgehead atoms. The van der Waals surface area contributed by atoms with Gasteiger partial charge in [0.05, 0.1) is 7.11 Å². The first-order chi connectivity index (χ1) is 12.1. The minimum Gasteiger partial charge on any atom is -0.493 e. The Morgan fingerprint density at radius 1 is 1.27 bits per heavy atom. The number of H-pyrrole nitrogens is 1. The van der Waals surface area contributed by atoms with E-state index >= 15 is 0 Å². The highest BCUT2D eigenvalue weighted by Crippen LogP contribution is 2.59. The van der Waals surface area contributed by atoms with Crippen LogP contribution in [0.5, 0.6) is 5.75 Å². The molecule has 4 atom stereocenters. The third-order valence-corrected chi connectivity index (χ3v) is 5.10. The molecular weight excluding hydrogens is 359 g/mol. The minimum absolute atomic E-state index is 0.0910. The second kappa shape index (κ2) is 6.22. The van der Waals surface area contributed by atoms with Crippen LogP contribution in [0.4, 0.5) is 22.0 Å². The summed E-state index contributed by atoms with van der Waals surface area (Å²) in [5, 5.41) is 0. The summed E-state index contributed by atoms with van der Waals surface area (Å²) in [4.78, 5) is 6.73. The molecule has 0 amide bonds. The second-order valence-corrected chi connectivity index (χ2v) is 6.42. The van der Waals surface area contributed by atoms with Gasteiger partial charge in [0, 0.05) is 29.8 Å². The van der Waals surface area contributed by atoms with Crippen molar-refractivity contribution < 1.29 is 31.4 Å². The van der Waals surface area contributed by atoms with Crippen LogP contribution in [0.3, 0.4) is 0 Å². The maximum absolute atomic E-state index is 14.2. The molecule has 1 fully saturated rings. The number of methoxy groups -OCH3 is 1. The van der Waals surface area contributed by atoms with Gasteiger partial charge in [0.15, 0.2) is 17.2 Å². The largest absolute Gasteiger partial charge is 0.493 e. The molecule has 0 radical (unpaired) electrons. The molecule has 0 saturated carbocycles. The quantitative estimate of drug-likeness (QED) is 0.802. The minimum atomic E-state index is -4.67. The van der Waals surface area contributed by atoms with E-state index in [1.54, 1.807) is 0 Å². The Morgan fingerprint density at radius 2 is 1.96 bits per heavy atom. The van der Waals surface area contributed by atoms with Crippen LogP contribution < -0.4 is 4.74 Å². The molecule has 1 saturated heterocycles. The summed E-state index contributed by atoms with van der Waals surface area (Å²) in [5.41, 5.74) is -2.40. The number of alkyl halides is 3. The zero-order chi connectivity index (χ0) is 19.3. The van der Waals surface area contributed by atoms with E-state index in [0.29, 0.717) is 0 Å². The lowest BCUT2D eigenvalue weighted by Crippen LogP contribution is -2.46. The van der Waals surface area contributed by atoms with Gasteiger partial charge in [-0.1, -0.05) is 13.0 Å². The first-order valence-corrected chi connectivity index (χ1v) is 7.87. The summed E-state index contributed by atoms with van der Waals surface area (Å²) < 4.78 is 79.2. The Hall–Kier alpha value is -2.16. The molecule has 142 valence electrons. The fraction of sp³-hybridized carbons (Fsp3) is 0.471. The van der Waals surface area contributed by atoms with Crippen molar-refractivity contribution in [2.24, 2.45) is 5.92 Å². The van der Waals surface area contributed by atoms with E-state index in [1.165, 1.54) is 25.4 Å². The number of halogens is 5. The van der Waals surface area contributed by atoms with Gasteiger partial charge in [-0.3, -0.25) is 0 Å². The molecule has 2 heterocycles. The number of aromatic nitrogens is 2. The second-order valence-electron chi connectivity index (χ2n) is 6.42. The maximum Gasteiger partial charge on any atom is 0.417 e. The van der Waals surface area contributed by atoms with E-state index in [-0.39, 0.29) is 11.4 Å². The van der Waals surface area contributed by atoms with Crippen molar-refractivity contribution in [2.75, 3.05) is 7.11 Å². The molecule has 0 spiro atoms. The summed E-state index contributed by atoms with van der Waals surface area (Å²) in [7, 11) is 1.13. The number of benzene rings is 1. The molecular formula is C17H17F5N2O2. The smallest absolute Gasteiger partial charge is 0.417 e. The van der Waals surface area contributed by atoms with Gasteiger partial charge in [0.1, 0.15) is 11.9 Å². The molecule has 0 unspecified atom stereocenters. The zero-order valence-corrected chi connectivity index (χ0v) is 14.2. The predicted molar refractivity (Wildman–Crippen MR) is 81.7 cm³/mol. The van der Waals surface area contributed by atoms with Gasteiger partial charge >= 0.3 is 6.18 Å². The number of nitrogens with zero attached hydrogens (tertiary/aromatic N) is 1. The number of hydrogen-bond donors (Lipinski definition) is 1. The number of nitrogens with one attached hydrogen (secondary N) is 1. The van der Waals surface area contributed by atoms with E-state index in [1.807, 2.05) is 0 Å². The lowest BCUT2D eigenvalue weighted by atomic mass is 9.77. The van der Waals surface area contributed by atoms with E-state index < -0.39 is 47.1 Å². The molecule has 1 aliphatic heterocycles. The van der Waals surface area contributed by atoms with Crippen molar-refractivity contribution in [3.8, 4) is 5.75 Å². The first-order valence-electron chi connectivity index (χ1n) is 7.87. The van der Waals surface area contributed by atoms with Gasteiger partial charge < -0.3 is 14.5 Å². The standard InChI is InChI=1S/C17H17F5N2O2/c1-8-11(9-4-5-10(18)12(19)13(9)25-3)14(15-23-6-7-24-15)26-16(8,2)17(20,21)22/h4-8,11,14H,1-3H3,(H,23,24)/t8-,11-,14+,16+/m0/s1. The molecule has 1 aromatic heterocycles. The van der Waals surface area contributed by atoms with Crippen LogP contribution in [-0.4, -0.2) is 28.9 Å². The van der Waals surface area contributed by atoms with Crippen molar-refractivity contribution in [1.82, 2.24) is 9.97 Å².